The lowest BCUT2D eigenvalue weighted by Gasteiger charge is -2.42. The molecular formula is C23H25N5O4. The molecule has 0 radical (unpaired) electrons. The van der Waals surface area contributed by atoms with Crippen LogP contribution in [0.15, 0.2) is 53.3 Å². The highest BCUT2D eigenvalue weighted by Gasteiger charge is 2.32. The molecule has 2 aromatic carbocycles. The average molecular weight is 435 g/mol. The zero-order valence-electron chi connectivity index (χ0n) is 18.3. The van der Waals surface area contributed by atoms with Crippen LogP contribution in [0.3, 0.4) is 0 Å². The quantitative estimate of drug-likeness (QED) is 0.461. The van der Waals surface area contributed by atoms with Crippen molar-refractivity contribution in [3.8, 4) is 0 Å². The molecule has 0 saturated carbocycles. The van der Waals surface area contributed by atoms with Crippen molar-refractivity contribution in [1.82, 2.24) is 19.4 Å². The van der Waals surface area contributed by atoms with Crippen molar-refractivity contribution in [3.05, 3.63) is 80.4 Å². The highest BCUT2D eigenvalue weighted by Crippen LogP contribution is 2.24. The molecule has 0 spiro atoms. The van der Waals surface area contributed by atoms with Gasteiger partial charge >= 0.3 is 0 Å². The summed E-state index contributed by atoms with van der Waals surface area (Å²) in [5.74, 6) is 0.462. The number of nitro groups is 1. The Balaban J connectivity index is 1.54. The number of hydrogen-bond donors (Lipinski definition) is 0. The van der Waals surface area contributed by atoms with Gasteiger partial charge in [0, 0.05) is 50.4 Å². The number of para-hydroxylation sites is 1. The van der Waals surface area contributed by atoms with Gasteiger partial charge in [0.05, 0.1) is 21.9 Å². The number of hydrogen-bond acceptors (Lipinski definition) is 6. The van der Waals surface area contributed by atoms with E-state index in [1.165, 1.54) is 18.2 Å². The highest BCUT2D eigenvalue weighted by atomic mass is 16.6. The normalized spacial score (nSPS) is 18.0. The van der Waals surface area contributed by atoms with Crippen molar-refractivity contribution < 1.29 is 9.72 Å². The molecule has 1 saturated heterocycles. The molecule has 2 atom stereocenters. The number of piperazine rings is 1. The number of nitrogens with zero attached hydrogens (tertiary/aromatic N) is 5. The SMILES string of the molecule is CC(c1nc2ccccc2c(=O)n1C)N1CCN(C(=O)c2cccc([N+](=O)[O-])c2)C(C)C1. The maximum absolute atomic E-state index is 13.0. The molecule has 9 nitrogen and oxygen atoms in total. The van der Waals surface area contributed by atoms with E-state index in [-0.39, 0.29) is 29.2 Å². The summed E-state index contributed by atoms with van der Waals surface area (Å²) in [6, 6.07) is 12.9. The van der Waals surface area contributed by atoms with E-state index in [0.717, 1.165) is 0 Å². The number of fused-ring (bicyclic) bond motifs is 1. The summed E-state index contributed by atoms with van der Waals surface area (Å²) in [5.41, 5.74) is 0.806. The summed E-state index contributed by atoms with van der Waals surface area (Å²) in [6.45, 7) is 5.66. The van der Waals surface area contributed by atoms with Crippen LogP contribution < -0.4 is 5.56 Å². The second kappa shape index (κ2) is 8.51. The molecule has 2 unspecified atom stereocenters. The second-order valence-corrected chi connectivity index (χ2v) is 8.18. The number of non-ortho nitro benzene ring substituents is 1. The first kappa shape index (κ1) is 21.6. The van der Waals surface area contributed by atoms with Gasteiger partial charge in [0.1, 0.15) is 5.82 Å². The Hall–Kier alpha value is -3.59. The minimum atomic E-state index is -0.499. The molecule has 1 aliphatic heterocycles. The lowest BCUT2D eigenvalue weighted by Crippen LogP contribution is -2.54. The largest absolute Gasteiger partial charge is 0.333 e. The van der Waals surface area contributed by atoms with Gasteiger partial charge in [-0.2, -0.15) is 0 Å². The second-order valence-electron chi connectivity index (χ2n) is 8.18. The fraction of sp³-hybridized carbons (Fsp3) is 0.348. The van der Waals surface area contributed by atoms with Gasteiger partial charge in [-0.1, -0.05) is 18.2 Å². The molecule has 3 aromatic rings. The van der Waals surface area contributed by atoms with Gasteiger partial charge < -0.3 is 4.90 Å². The van der Waals surface area contributed by atoms with E-state index in [4.69, 9.17) is 4.98 Å². The molecule has 4 rings (SSSR count). The van der Waals surface area contributed by atoms with Crippen LogP contribution in [0.25, 0.3) is 10.9 Å². The highest BCUT2D eigenvalue weighted by molar-refractivity contribution is 5.95. The topological polar surface area (TPSA) is 102 Å². The molecule has 1 aliphatic rings. The van der Waals surface area contributed by atoms with Crippen LogP contribution in [-0.4, -0.2) is 55.9 Å². The third-order valence-electron chi connectivity index (χ3n) is 6.16. The molecule has 0 N–H and O–H groups in total. The van der Waals surface area contributed by atoms with E-state index in [2.05, 4.69) is 4.90 Å². The van der Waals surface area contributed by atoms with Crippen molar-refractivity contribution >= 4 is 22.5 Å². The fourth-order valence-corrected chi connectivity index (χ4v) is 4.33. The Bertz CT molecular complexity index is 1250. The summed E-state index contributed by atoms with van der Waals surface area (Å²) in [5, 5.41) is 11.6. The summed E-state index contributed by atoms with van der Waals surface area (Å²) in [7, 11) is 1.74. The van der Waals surface area contributed by atoms with Crippen molar-refractivity contribution in [1.29, 1.82) is 0 Å². The Morgan fingerprint density at radius 2 is 1.94 bits per heavy atom. The third-order valence-corrected chi connectivity index (χ3v) is 6.16. The monoisotopic (exact) mass is 435 g/mol. The Morgan fingerprint density at radius 1 is 1.19 bits per heavy atom. The summed E-state index contributed by atoms with van der Waals surface area (Å²) < 4.78 is 1.60. The van der Waals surface area contributed by atoms with Crippen molar-refractivity contribution in [2.45, 2.75) is 25.9 Å². The molecule has 9 heteroatoms. The van der Waals surface area contributed by atoms with Gasteiger partial charge in [-0.05, 0) is 32.0 Å². The van der Waals surface area contributed by atoms with Crippen LogP contribution in [0.1, 0.15) is 36.1 Å². The third kappa shape index (κ3) is 3.87. The van der Waals surface area contributed by atoms with Crippen molar-refractivity contribution in [2.24, 2.45) is 7.05 Å². The molecule has 0 bridgehead atoms. The number of amides is 1. The number of carbonyl (C=O) groups is 1. The lowest BCUT2D eigenvalue weighted by atomic mass is 10.1. The molecule has 1 aromatic heterocycles. The molecule has 1 amide bonds. The van der Waals surface area contributed by atoms with Crippen LogP contribution in [0.2, 0.25) is 0 Å². The first-order valence-corrected chi connectivity index (χ1v) is 10.5. The summed E-state index contributed by atoms with van der Waals surface area (Å²) in [4.78, 5) is 45.0. The van der Waals surface area contributed by atoms with Gasteiger partial charge in [0.15, 0.2) is 0 Å². The Morgan fingerprint density at radius 3 is 2.66 bits per heavy atom. The zero-order valence-corrected chi connectivity index (χ0v) is 18.3. The number of rotatable bonds is 4. The number of benzene rings is 2. The number of aromatic nitrogens is 2. The van der Waals surface area contributed by atoms with Crippen LogP contribution in [-0.2, 0) is 7.05 Å². The van der Waals surface area contributed by atoms with Gasteiger partial charge in [-0.15, -0.1) is 0 Å². The maximum atomic E-state index is 13.0. The summed E-state index contributed by atoms with van der Waals surface area (Å²) in [6.07, 6.45) is 0. The van der Waals surface area contributed by atoms with Gasteiger partial charge in [-0.25, -0.2) is 4.98 Å². The van der Waals surface area contributed by atoms with Gasteiger partial charge in [0.25, 0.3) is 17.2 Å². The van der Waals surface area contributed by atoms with E-state index >= 15 is 0 Å². The molecule has 0 aliphatic carbocycles. The first-order valence-electron chi connectivity index (χ1n) is 10.5. The van der Waals surface area contributed by atoms with E-state index in [1.54, 1.807) is 28.6 Å². The van der Waals surface area contributed by atoms with Crippen molar-refractivity contribution in [3.63, 3.8) is 0 Å². The fourth-order valence-electron chi connectivity index (χ4n) is 4.33. The van der Waals surface area contributed by atoms with Gasteiger partial charge in [-0.3, -0.25) is 29.2 Å². The summed E-state index contributed by atoms with van der Waals surface area (Å²) >= 11 is 0. The Kier molecular flexibility index (Phi) is 5.75. The van der Waals surface area contributed by atoms with E-state index in [0.29, 0.717) is 41.9 Å². The van der Waals surface area contributed by atoms with Crippen LogP contribution in [0, 0.1) is 10.1 Å². The van der Waals surface area contributed by atoms with Crippen LogP contribution in [0.5, 0.6) is 0 Å². The number of carbonyl (C=O) groups excluding carboxylic acids is 1. The van der Waals surface area contributed by atoms with Crippen LogP contribution >= 0.6 is 0 Å². The molecule has 166 valence electrons. The van der Waals surface area contributed by atoms with E-state index < -0.39 is 4.92 Å². The zero-order chi connectivity index (χ0) is 23.0. The standard InChI is InChI=1S/C23H25N5O4/c1-15-14-26(11-12-27(15)22(29)17-7-6-8-18(13-17)28(31)32)16(2)21-24-20-10-5-4-9-19(20)23(30)25(21)3/h4-10,13,15-16H,11-12,14H2,1-3H3. The molecular weight excluding hydrogens is 410 g/mol. The smallest absolute Gasteiger partial charge is 0.270 e. The number of nitro benzene ring substituents is 1. The maximum Gasteiger partial charge on any atom is 0.270 e. The molecule has 32 heavy (non-hydrogen) atoms. The minimum Gasteiger partial charge on any atom is -0.333 e. The van der Waals surface area contributed by atoms with Crippen LogP contribution in [0.4, 0.5) is 5.69 Å². The first-order chi connectivity index (χ1) is 15.3. The Labute approximate surface area is 185 Å². The van der Waals surface area contributed by atoms with E-state index in [9.17, 15) is 19.7 Å². The average Bonchev–Trinajstić information content (AvgIpc) is 2.80. The predicted octanol–water partition coefficient (Wildman–Crippen LogP) is 2.75. The lowest BCUT2D eigenvalue weighted by molar-refractivity contribution is -0.384. The molecule has 1 fully saturated rings. The minimum absolute atomic E-state index is 0.0787. The predicted molar refractivity (Wildman–Crippen MR) is 121 cm³/mol. The van der Waals surface area contributed by atoms with E-state index in [1.807, 2.05) is 32.0 Å². The molecule has 2 heterocycles. The van der Waals surface area contributed by atoms with Crippen molar-refractivity contribution in [2.75, 3.05) is 19.6 Å². The van der Waals surface area contributed by atoms with Gasteiger partial charge in [0.2, 0.25) is 0 Å².